The third-order valence-electron chi connectivity index (χ3n) is 4.02. The molecular weight excluding hydrogens is 338 g/mol. The summed E-state index contributed by atoms with van der Waals surface area (Å²) in [4.78, 5) is 11.3. The van der Waals surface area contributed by atoms with E-state index >= 15 is 0 Å². The first-order valence-corrected chi connectivity index (χ1v) is 8.91. The summed E-state index contributed by atoms with van der Waals surface area (Å²) >= 11 is 5.96. The second kappa shape index (κ2) is 5.67. The molecule has 122 valence electrons. The maximum absolute atomic E-state index is 12.6. The summed E-state index contributed by atoms with van der Waals surface area (Å²) in [6.07, 6.45) is 2.81. The Hall–Kier alpha value is -1.83. The highest BCUT2D eigenvalue weighted by molar-refractivity contribution is 7.89. The quantitative estimate of drug-likeness (QED) is 0.876. The van der Waals surface area contributed by atoms with Crippen LogP contribution in [0.5, 0.6) is 0 Å². The molecule has 1 aliphatic carbocycles. The van der Waals surface area contributed by atoms with Gasteiger partial charge in [-0.2, -0.15) is 0 Å². The van der Waals surface area contributed by atoms with Gasteiger partial charge in [0.1, 0.15) is 10.6 Å². The maximum atomic E-state index is 12.6. The van der Waals surface area contributed by atoms with Gasteiger partial charge in [0.25, 0.3) is 5.91 Å². The molecule has 23 heavy (non-hydrogen) atoms. The average Bonchev–Trinajstić information content (AvgIpc) is 3.03. The number of amides is 1. The molecule has 3 rings (SSSR count). The van der Waals surface area contributed by atoms with Crippen LogP contribution in [0, 0.1) is 0 Å². The number of halogens is 1. The van der Waals surface area contributed by atoms with Crippen LogP contribution >= 0.6 is 11.6 Å². The Morgan fingerprint density at radius 1 is 1.39 bits per heavy atom. The molecule has 1 amide bonds. The average molecular weight is 354 g/mol. The van der Waals surface area contributed by atoms with Gasteiger partial charge in [0.15, 0.2) is 0 Å². The van der Waals surface area contributed by atoms with Gasteiger partial charge in [0, 0.05) is 24.3 Å². The van der Waals surface area contributed by atoms with E-state index in [1.807, 2.05) is 12.1 Å². The van der Waals surface area contributed by atoms with Crippen LogP contribution < -0.4 is 10.5 Å². The molecule has 0 spiro atoms. The molecule has 0 saturated carbocycles. The molecule has 0 fully saturated rings. The monoisotopic (exact) mass is 353 g/mol. The van der Waals surface area contributed by atoms with Crippen molar-refractivity contribution < 1.29 is 13.2 Å². The molecule has 2 aromatic rings. The van der Waals surface area contributed by atoms with Crippen molar-refractivity contribution in [2.45, 2.75) is 23.8 Å². The van der Waals surface area contributed by atoms with E-state index in [9.17, 15) is 13.2 Å². The number of rotatable bonds is 4. The molecule has 0 saturated heterocycles. The van der Waals surface area contributed by atoms with Crippen LogP contribution in [-0.4, -0.2) is 18.9 Å². The largest absolute Gasteiger partial charge is 0.364 e. The maximum Gasteiger partial charge on any atom is 0.265 e. The van der Waals surface area contributed by atoms with Crippen LogP contribution in [-0.2, 0) is 23.5 Å². The molecular formula is C15H16ClN3O3S. The minimum absolute atomic E-state index is 0.0243. The van der Waals surface area contributed by atoms with E-state index in [0.717, 1.165) is 17.5 Å². The molecule has 0 unspecified atom stereocenters. The highest BCUT2D eigenvalue weighted by Gasteiger charge is 2.28. The Morgan fingerprint density at radius 2 is 2.13 bits per heavy atom. The number of nitrogens with two attached hydrogens (primary N) is 1. The van der Waals surface area contributed by atoms with Gasteiger partial charge in [-0.15, -0.1) is 0 Å². The molecule has 1 atom stereocenters. The van der Waals surface area contributed by atoms with E-state index in [1.165, 1.54) is 16.8 Å². The normalized spacial score (nSPS) is 17.2. The number of aromatic nitrogens is 1. The SMILES string of the molecule is Cn1cc(S(=O)(=O)N[C@H]2CCc3cc(Cl)ccc32)cc1C(N)=O. The molecule has 0 aliphatic heterocycles. The van der Waals surface area contributed by atoms with E-state index in [-0.39, 0.29) is 16.6 Å². The van der Waals surface area contributed by atoms with E-state index in [0.29, 0.717) is 11.4 Å². The lowest BCUT2D eigenvalue weighted by atomic mass is 10.1. The number of hydrogen-bond donors (Lipinski definition) is 2. The molecule has 1 aromatic heterocycles. The molecule has 6 nitrogen and oxygen atoms in total. The topological polar surface area (TPSA) is 94.2 Å². The van der Waals surface area contributed by atoms with Crippen LogP contribution in [0.2, 0.25) is 5.02 Å². The minimum atomic E-state index is -3.74. The first-order valence-electron chi connectivity index (χ1n) is 7.05. The summed E-state index contributed by atoms with van der Waals surface area (Å²) in [6.45, 7) is 0. The van der Waals surface area contributed by atoms with Gasteiger partial charge in [0.05, 0.1) is 0 Å². The van der Waals surface area contributed by atoms with Gasteiger partial charge in [-0.1, -0.05) is 17.7 Å². The first kappa shape index (κ1) is 16.0. The molecule has 1 aromatic carbocycles. The standard InChI is InChI=1S/C15H16ClN3O3S/c1-19-8-11(7-14(19)15(17)20)23(21,22)18-13-5-2-9-6-10(16)3-4-12(9)13/h3-4,6-8,13,18H,2,5H2,1H3,(H2,17,20)/t13-/m0/s1. The van der Waals surface area contributed by atoms with E-state index in [1.54, 1.807) is 13.1 Å². The van der Waals surface area contributed by atoms with Crippen molar-refractivity contribution in [3.05, 3.63) is 52.3 Å². The van der Waals surface area contributed by atoms with Gasteiger partial charge >= 0.3 is 0 Å². The lowest BCUT2D eigenvalue weighted by Gasteiger charge is -2.13. The Kier molecular flexibility index (Phi) is 3.95. The van der Waals surface area contributed by atoms with Crippen LogP contribution in [0.15, 0.2) is 35.4 Å². The van der Waals surface area contributed by atoms with Crippen LogP contribution in [0.4, 0.5) is 0 Å². The van der Waals surface area contributed by atoms with Crippen LogP contribution in [0.1, 0.15) is 34.1 Å². The number of sulfonamides is 1. The Labute approximate surface area is 139 Å². The Balaban J connectivity index is 1.89. The van der Waals surface area contributed by atoms with E-state index in [4.69, 9.17) is 17.3 Å². The summed E-state index contributed by atoms with van der Waals surface area (Å²) < 4.78 is 29.2. The molecule has 8 heteroatoms. The second-order valence-corrected chi connectivity index (χ2v) is 7.74. The van der Waals surface area contributed by atoms with Crippen LogP contribution in [0.25, 0.3) is 0 Å². The number of carbonyl (C=O) groups excluding carboxylic acids is 1. The zero-order valence-corrected chi connectivity index (χ0v) is 14.0. The van der Waals surface area contributed by atoms with Gasteiger partial charge in [-0.3, -0.25) is 4.79 Å². The minimum Gasteiger partial charge on any atom is -0.364 e. The third kappa shape index (κ3) is 2.99. The lowest BCUT2D eigenvalue weighted by molar-refractivity contribution is 0.0992. The second-order valence-electron chi connectivity index (χ2n) is 5.59. The van der Waals surface area contributed by atoms with Gasteiger partial charge in [-0.05, 0) is 42.2 Å². The molecule has 0 bridgehead atoms. The van der Waals surface area contributed by atoms with Crippen LogP contribution in [0.3, 0.4) is 0 Å². The number of benzene rings is 1. The van der Waals surface area contributed by atoms with Crippen molar-refractivity contribution >= 4 is 27.5 Å². The fraction of sp³-hybridized carbons (Fsp3) is 0.267. The van der Waals surface area contributed by atoms with Gasteiger partial charge < -0.3 is 10.3 Å². The summed E-state index contributed by atoms with van der Waals surface area (Å²) in [5, 5.41) is 0.640. The lowest BCUT2D eigenvalue weighted by Crippen LogP contribution is -2.27. The van der Waals surface area contributed by atoms with Gasteiger partial charge in [-0.25, -0.2) is 13.1 Å². The number of fused-ring (bicyclic) bond motifs is 1. The van der Waals surface area contributed by atoms with Crippen molar-refractivity contribution in [2.75, 3.05) is 0 Å². The number of carbonyl (C=O) groups is 1. The van der Waals surface area contributed by atoms with Crippen molar-refractivity contribution in [3.63, 3.8) is 0 Å². The predicted molar refractivity (Wildman–Crippen MR) is 86.8 cm³/mol. The third-order valence-corrected chi connectivity index (χ3v) is 5.70. The number of primary amides is 1. The number of nitrogens with zero attached hydrogens (tertiary/aromatic N) is 1. The zero-order valence-electron chi connectivity index (χ0n) is 12.4. The predicted octanol–water partition coefficient (Wildman–Crippen LogP) is 1.74. The smallest absolute Gasteiger partial charge is 0.265 e. The highest BCUT2D eigenvalue weighted by Crippen LogP contribution is 2.34. The zero-order chi connectivity index (χ0) is 16.8. The Bertz CT molecular complexity index is 889. The summed E-state index contributed by atoms with van der Waals surface area (Å²) in [5.74, 6) is -0.671. The van der Waals surface area contributed by atoms with Crippen molar-refractivity contribution in [3.8, 4) is 0 Å². The number of hydrogen-bond acceptors (Lipinski definition) is 3. The number of aryl methyl sites for hydroxylation is 2. The molecule has 1 heterocycles. The van der Waals surface area contributed by atoms with Crippen molar-refractivity contribution in [1.82, 2.24) is 9.29 Å². The highest BCUT2D eigenvalue weighted by atomic mass is 35.5. The fourth-order valence-electron chi connectivity index (χ4n) is 2.89. The van der Waals surface area contributed by atoms with Gasteiger partial charge in [0.2, 0.25) is 10.0 Å². The van der Waals surface area contributed by atoms with Crippen molar-refractivity contribution in [2.24, 2.45) is 12.8 Å². The summed E-state index contributed by atoms with van der Waals surface area (Å²) in [6, 6.07) is 6.43. The first-order chi connectivity index (χ1) is 10.8. The molecule has 3 N–H and O–H groups in total. The van der Waals surface area contributed by atoms with Crippen molar-refractivity contribution in [1.29, 1.82) is 0 Å². The summed E-state index contributed by atoms with van der Waals surface area (Å²) in [7, 11) is -2.17. The molecule has 1 aliphatic rings. The summed E-state index contributed by atoms with van der Waals surface area (Å²) in [5.41, 5.74) is 7.35. The fourth-order valence-corrected chi connectivity index (χ4v) is 4.40. The van der Waals surface area contributed by atoms with E-state index < -0.39 is 15.9 Å². The number of nitrogens with one attached hydrogen (secondary N) is 1. The van der Waals surface area contributed by atoms with E-state index in [2.05, 4.69) is 4.72 Å². The Morgan fingerprint density at radius 3 is 2.78 bits per heavy atom. The molecule has 0 radical (unpaired) electrons.